The molecule has 202 valence electrons. The van der Waals surface area contributed by atoms with E-state index in [0.29, 0.717) is 19.0 Å². The van der Waals surface area contributed by atoms with Gasteiger partial charge in [0.25, 0.3) is 5.69 Å². The van der Waals surface area contributed by atoms with Crippen molar-refractivity contribution in [3.05, 3.63) is 60.3 Å². The fourth-order valence-corrected chi connectivity index (χ4v) is 5.42. The Hall–Kier alpha value is -4.21. The van der Waals surface area contributed by atoms with E-state index in [4.69, 9.17) is 9.47 Å². The number of likely N-dealkylation sites (tertiary alicyclic amines) is 1. The zero-order chi connectivity index (χ0) is 27.3. The van der Waals surface area contributed by atoms with Crippen LogP contribution in [0.1, 0.15) is 44.4 Å². The minimum Gasteiger partial charge on any atom is -0.457 e. The van der Waals surface area contributed by atoms with Gasteiger partial charge in [0.05, 0.1) is 23.3 Å². The Morgan fingerprint density at radius 2 is 1.95 bits per heavy atom. The number of hydrogen-bond donors (Lipinski definition) is 1. The predicted molar refractivity (Wildman–Crippen MR) is 146 cm³/mol. The molecule has 1 fully saturated rings. The molecule has 39 heavy (non-hydrogen) atoms. The summed E-state index contributed by atoms with van der Waals surface area (Å²) < 4.78 is 15.7. The van der Waals surface area contributed by atoms with E-state index in [9.17, 15) is 4.79 Å². The number of imidazole rings is 1. The van der Waals surface area contributed by atoms with E-state index in [1.165, 1.54) is 0 Å². The molecule has 1 saturated heterocycles. The predicted octanol–water partition coefficient (Wildman–Crippen LogP) is 4.85. The number of aryl methyl sites for hydroxylation is 3. The Morgan fingerprint density at radius 3 is 2.72 bits per heavy atom. The number of aromatic nitrogens is 5. The van der Waals surface area contributed by atoms with E-state index in [1.54, 1.807) is 17.6 Å². The van der Waals surface area contributed by atoms with Crippen LogP contribution in [0.3, 0.4) is 0 Å². The molecule has 1 unspecified atom stereocenters. The van der Waals surface area contributed by atoms with Crippen molar-refractivity contribution >= 4 is 28.6 Å². The third-order valence-electron chi connectivity index (χ3n) is 7.39. The number of anilines is 2. The largest absolute Gasteiger partial charge is 0.457 e. The molecule has 2 aliphatic rings. The summed E-state index contributed by atoms with van der Waals surface area (Å²) in [4.78, 5) is 23.2. The van der Waals surface area contributed by atoms with Crippen LogP contribution < -0.4 is 14.7 Å². The van der Waals surface area contributed by atoms with Crippen LogP contribution in [0.4, 0.5) is 16.3 Å². The lowest BCUT2D eigenvalue weighted by Gasteiger charge is -2.41. The molecule has 0 spiro atoms. The summed E-state index contributed by atoms with van der Waals surface area (Å²) >= 11 is 0. The van der Waals surface area contributed by atoms with Crippen LogP contribution in [0.25, 0.3) is 11.0 Å². The summed E-state index contributed by atoms with van der Waals surface area (Å²) in [5.41, 5.74) is 4.49. The van der Waals surface area contributed by atoms with Gasteiger partial charge in [0.15, 0.2) is 12.9 Å². The molecule has 4 heterocycles. The van der Waals surface area contributed by atoms with Crippen molar-refractivity contribution in [2.24, 2.45) is 13.0 Å². The molecule has 2 aromatic carbocycles. The molecule has 1 amide bonds. The zero-order valence-corrected chi connectivity index (χ0v) is 23.0. The summed E-state index contributed by atoms with van der Waals surface area (Å²) in [5.74, 6) is 2.97. The molecule has 0 saturated carbocycles. The number of fused-ring (bicyclic) bond motifs is 2. The topological polar surface area (TPSA) is 98.3 Å². The Kier molecular flexibility index (Phi) is 6.12. The van der Waals surface area contributed by atoms with Gasteiger partial charge in [-0.25, -0.2) is 14.8 Å². The van der Waals surface area contributed by atoms with Crippen LogP contribution in [-0.4, -0.2) is 49.3 Å². The second-order valence-corrected chi connectivity index (χ2v) is 11.5. The minimum atomic E-state index is -0.492. The molecule has 0 radical (unpaired) electrons. The Bertz CT molecular complexity index is 1550. The van der Waals surface area contributed by atoms with Gasteiger partial charge in [0.2, 0.25) is 5.82 Å². The first-order valence-corrected chi connectivity index (χ1v) is 13.3. The minimum absolute atomic E-state index is 0.245. The van der Waals surface area contributed by atoms with Crippen molar-refractivity contribution < 1.29 is 19.0 Å². The number of carbonyl (C=O) groups excluding carboxylic acids is 1. The van der Waals surface area contributed by atoms with Gasteiger partial charge in [-0.1, -0.05) is 4.68 Å². The summed E-state index contributed by atoms with van der Waals surface area (Å²) in [5, 5.41) is 8.01. The molecule has 10 heteroatoms. The quantitative estimate of drug-likeness (QED) is 0.370. The van der Waals surface area contributed by atoms with Crippen molar-refractivity contribution in [2.45, 2.75) is 52.2 Å². The highest BCUT2D eigenvalue weighted by Crippen LogP contribution is 2.39. The average molecular weight is 529 g/mol. The van der Waals surface area contributed by atoms with Crippen molar-refractivity contribution in [1.82, 2.24) is 24.5 Å². The third kappa shape index (κ3) is 4.98. The first kappa shape index (κ1) is 25.1. The number of nitrogens with zero attached hydrogens (tertiary/aromatic N) is 6. The van der Waals surface area contributed by atoms with Gasteiger partial charge in [0, 0.05) is 49.3 Å². The van der Waals surface area contributed by atoms with E-state index in [0.717, 1.165) is 58.3 Å². The Morgan fingerprint density at radius 1 is 1.13 bits per heavy atom. The number of amides is 1. The highest BCUT2D eigenvalue weighted by molar-refractivity contribution is 5.77. The maximum Gasteiger partial charge on any atom is 0.410 e. The van der Waals surface area contributed by atoms with E-state index in [-0.39, 0.29) is 12.0 Å². The van der Waals surface area contributed by atoms with Gasteiger partial charge in [0.1, 0.15) is 17.1 Å². The molecular formula is C29H34N7O3+. The van der Waals surface area contributed by atoms with Gasteiger partial charge < -0.3 is 24.3 Å². The normalized spacial score (nSPS) is 17.2. The van der Waals surface area contributed by atoms with Gasteiger partial charge >= 0.3 is 6.09 Å². The monoisotopic (exact) mass is 528 g/mol. The number of ether oxygens (including phenoxy) is 2. The Labute approximate surface area is 227 Å². The average Bonchev–Trinajstić information content (AvgIpc) is 3.43. The summed E-state index contributed by atoms with van der Waals surface area (Å²) in [6.45, 7) is 9.91. The smallest absolute Gasteiger partial charge is 0.410 e. The third-order valence-corrected chi connectivity index (χ3v) is 7.39. The fourth-order valence-electron chi connectivity index (χ4n) is 5.42. The van der Waals surface area contributed by atoms with Crippen LogP contribution >= 0.6 is 0 Å². The first-order valence-electron chi connectivity index (χ1n) is 13.3. The molecule has 1 N–H and O–H groups in total. The molecule has 10 nitrogen and oxygen atoms in total. The molecule has 2 aromatic heterocycles. The second-order valence-electron chi connectivity index (χ2n) is 11.5. The Balaban J connectivity index is 1.16. The van der Waals surface area contributed by atoms with Crippen LogP contribution in [-0.2, 0) is 18.3 Å². The summed E-state index contributed by atoms with van der Waals surface area (Å²) in [6.07, 6.45) is 4.13. The number of benzene rings is 2. The maximum absolute atomic E-state index is 12.4. The van der Waals surface area contributed by atoms with Gasteiger partial charge in [-0.15, -0.1) is 0 Å². The van der Waals surface area contributed by atoms with Crippen molar-refractivity contribution in [3.8, 4) is 11.5 Å². The number of hydrogen-bond acceptors (Lipinski definition) is 7. The maximum atomic E-state index is 12.4. The second kappa shape index (κ2) is 9.52. The summed E-state index contributed by atoms with van der Waals surface area (Å²) in [7, 11) is 1.98. The van der Waals surface area contributed by atoms with E-state index in [1.807, 2.05) is 74.3 Å². The van der Waals surface area contributed by atoms with Crippen molar-refractivity contribution in [1.29, 1.82) is 0 Å². The number of carbonyl (C=O) groups is 1. The number of nitrogens with one attached hydrogen (secondary N) is 1. The van der Waals surface area contributed by atoms with E-state index in [2.05, 4.69) is 26.4 Å². The van der Waals surface area contributed by atoms with Crippen LogP contribution in [0.5, 0.6) is 11.5 Å². The lowest BCUT2D eigenvalue weighted by Crippen LogP contribution is -2.53. The van der Waals surface area contributed by atoms with Crippen molar-refractivity contribution in [3.63, 3.8) is 0 Å². The van der Waals surface area contributed by atoms with Crippen LogP contribution in [0.15, 0.2) is 49.1 Å². The highest BCUT2D eigenvalue weighted by atomic mass is 16.6. The fraction of sp³-hybridized carbons (Fsp3) is 0.414. The molecule has 6 rings (SSSR count). The molecule has 2 aliphatic heterocycles. The van der Waals surface area contributed by atoms with Gasteiger partial charge in [-0.2, -0.15) is 0 Å². The highest BCUT2D eigenvalue weighted by Gasteiger charge is 2.47. The van der Waals surface area contributed by atoms with E-state index >= 15 is 0 Å². The van der Waals surface area contributed by atoms with Crippen molar-refractivity contribution in [2.75, 3.05) is 18.4 Å². The lowest BCUT2D eigenvalue weighted by molar-refractivity contribution is -0.748. The zero-order valence-electron chi connectivity index (χ0n) is 23.0. The first-order chi connectivity index (χ1) is 18.6. The lowest BCUT2D eigenvalue weighted by atomic mass is 9.83. The molecular weight excluding hydrogens is 494 g/mol. The van der Waals surface area contributed by atoms with E-state index < -0.39 is 5.60 Å². The van der Waals surface area contributed by atoms with Crippen LogP contribution in [0.2, 0.25) is 0 Å². The van der Waals surface area contributed by atoms with Crippen LogP contribution in [0, 0.1) is 12.8 Å². The standard InChI is InChI=1S/C29H34N7O3/c1-18-12-20(6-9-25(18)38-21-7-8-24-23(13-21)31-17-34(24)5)33-27-26-22(10-11-36(26)32-16-30-27)19-14-35(15-19)28(37)39-29(2,3)4/h6-9,12-13,16-17,19,22H,10-11,14-15H2,1-5H3,(H,30,32,33)/q+1. The SMILES string of the molecule is Cc1cc(Nc2ncn[n+]3c2C(C2CN(C(=O)OC(C)(C)C)C2)CC3)ccc1Oc1ccc2c(c1)ncn2C. The molecule has 4 aromatic rings. The molecule has 1 atom stereocenters. The number of rotatable bonds is 5. The van der Waals surface area contributed by atoms with Gasteiger partial charge in [-0.3, -0.25) is 0 Å². The van der Waals surface area contributed by atoms with Gasteiger partial charge in [-0.05, 0) is 63.6 Å². The molecule has 0 aliphatic carbocycles. The summed E-state index contributed by atoms with van der Waals surface area (Å²) in [6, 6.07) is 12.0. The molecule has 0 bridgehead atoms.